The zero-order chi connectivity index (χ0) is 21.9. The van der Waals surface area contributed by atoms with Gasteiger partial charge in [0.15, 0.2) is 9.84 Å². The molecule has 0 N–H and O–H groups in total. The van der Waals surface area contributed by atoms with Crippen LogP contribution in [0.1, 0.15) is 77.6 Å². The van der Waals surface area contributed by atoms with E-state index in [1.54, 1.807) is 17.7 Å². The van der Waals surface area contributed by atoms with E-state index in [-0.39, 0.29) is 5.75 Å². The van der Waals surface area contributed by atoms with Gasteiger partial charge >= 0.3 is 0 Å². The van der Waals surface area contributed by atoms with E-state index >= 15 is 0 Å². The summed E-state index contributed by atoms with van der Waals surface area (Å²) in [6.07, 6.45) is 17.8. The van der Waals surface area contributed by atoms with Crippen molar-refractivity contribution in [3.05, 3.63) is 65.8 Å². The van der Waals surface area contributed by atoms with Gasteiger partial charge in [0.05, 0.1) is 10.6 Å². The molecular weight excluding hydrogens is 400 g/mol. The normalized spacial score (nSPS) is 31.8. The molecule has 31 heavy (non-hydrogen) atoms. The van der Waals surface area contributed by atoms with Crippen molar-refractivity contribution in [1.29, 1.82) is 0 Å². The monoisotopic (exact) mass is 438 g/mol. The summed E-state index contributed by atoms with van der Waals surface area (Å²) in [4.78, 5) is 0.464. The Bertz CT molecular complexity index is 954. The molecule has 3 aliphatic carbocycles. The lowest BCUT2D eigenvalue weighted by molar-refractivity contribution is 0.129. The van der Waals surface area contributed by atoms with Crippen molar-refractivity contribution >= 4 is 9.84 Å². The topological polar surface area (TPSA) is 34.1 Å². The molecule has 0 bridgehead atoms. The van der Waals surface area contributed by atoms with Crippen LogP contribution in [0.15, 0.2) is 70.7 Å². The summed E-state index contributed by atoms with van der Waals surface area (Å²) in [5.41, 5.74) is 4.78. The predicted molar refractivity (Wildman–Crippen MR) is 130 cm³/mol. The highest BCUT2D eigenvalue weighted by molar-refractivity contribution is 7.91. The van der Waals surface area contributed by atoms with Gasteiger partial charge in [-0.25, -0.2) is 8.42 Å². The first-order valence-corrected chi connectivity index (χ1v) is 13.9. The lowest BCUT2D eigenvalue weighted by Gasteiger charge is -2.42. The van der Waals surface area contributed by atoms with Crippen LogP contribution in [0, 0.1) is 17.3 Å². The van der Waals surface area contributed by atoms with Crippen LogP contribution in [0.4, 0.5) is 0 Å². The van der Waals surface area contributed by atoms with Crippen LogP contribution in [-0.2, 0) is 9.84 Å². The van der Waals surface area contributed by atoms with E-state index in [1.807, 2.05) is 18.2 Å². The maximum absolute atomic E-state index is 12.7. The number of sulfone groups is 1. The van der Waals surface area contributed by atoms with Gasteiger partial charge in [-0.1, -0.05) is 55.0 Å². The van der Waals surface area contributed by atoms with Gasteiger partial charge in [-0.3, -0.25) is 0 Å². The molecule has 168 valence electrons. The summed E-state index contributed by atoms with van der Waals surface area (Å²) in [6, 6.07) is 8.92. The molecule has 3 saturated carbocycles. The molecular formula is C28H38O2S. The van der Waals surface area contributed by atoms with E-state index in [1.165, 1.54) is 62.5 Å². The molecule has 0 aliphatic heterocycles. The molecule has 1 unspecified atom stereocenters. The minimum absolute atomic E-state index is 0.269. The summed E-state index contributed by atoms with van der Waals surface area (Å²) in [5, 5.41) is 0. The standard InChI is InChI=1S/C28H38O2S/c1-22-10-6-7-11-23(22)16-17-24-12-8-20-28(2)25(18-19-27(24)28)13-9-21-31(29,30)26-14-4-3-5-15-26/h3-5,14-17,25,27H,1,6-13,18-21H2,2H3/t25?,27-,28+/m0/s1. The Morgan fingerprint density at radius 3 is 2.58 bits per heavy atom. The molecule has 1 aromatic rings. The van der Waals surface area contributed by atoms with E-state index in [0.717, 1.165) is 19.3 Å². The smallest absolute Gasteiger partial charge is 0.178 e. The quantitative estimate of drug-likeness (QED) is 0.462. The molecule has 0 aromatic heterocycles. The highest BCUT2D eigenvalue weighted by Gasteiger charge is 2.48. The molecule has 1 aromatic carbocycles. The van der Waals surface area contributed by atoms with E-state index in [9.17, 15) is 8.42 Å². The molecule has 0 heterocycles. The van der Waals surface area contributed by atoms with Gasteiger partial charge in [-0.15, -0.1) is 0 Å². The Labute approximate surface area is 189 Å². The van der Waals surface area contributed by atoms with Crippen LogP contribution in [0.2, 0.25) is 0 Å². The van der Waals surface area contributed by atoms with Crippen molar-refractivity contribution in [2.24, 2.45) is 17.3 Å². The van der Waals surface area contributed by atoms with Gasteiger partial charge in [0.1, 0.15) is 0 Å². The molecule has 3 heteroatoms. The molecule has 3 fully saturated rings. The Morgan fingerprint density at radius 1 is 1.03 bits per heavy atom. The van der Waals surface area contributed by atoms with E-state index in [2.05, 4.69) is 25.7 Å². The minimum atomic E-state index is -3.17. The van der Waals surface area contributed by atoms with Gasteiger partial charge in [-0.05, 0) is 106 Å². The average Bonchev–Trinajstić information content (AvgIpc) is 3.10. The number of allylic oxidation sites excluding steroid dienone is 5. The SMILES string of the molecule is C=C1CCCCC1=CC=C1CCC[C@]2(C)C(CCCS(=O)(=O)c3ccccc3)CC[C@@H]12. The fourth-order valence-electron chi connectivity index (χ4n) is 6.49. The van der Waals surface area contributed by atoms with Crippen molar-refractivity contribution in [3.8, 4) is 0 Å². The zero-order valence-electron chi connectivity index (χ0n) is 19.1. The van der Waals surface area contributed by atoms with Crippen molar-refractivity contribution < 1.29 is 8.42 Å². The van der Waals surface area contributed by atoms with Gasteiger partial charge < -0.3 is 0 Å². The summed E-state index contributed by atoms with van der Waals surface area (Å²) < 4.78 is 25.3. The number of rotatable bonds is 6. The Morgan fingerprint density at radius 2 is 1.81 bits per heavy atom. The third kappa shape index (κ3) is 4.92. The van der Waals surface area contributed by atoms with E-state index in [4.69, 9.17) is 0 Å². The second kappa shape index (κ2) is 9.48. The highest BCUT2D eigenvalue weighted by atomic mass is 32.2. The van der Waals surface area contributed by atoms with E-state index in [0.29, 0.717) is 22.1 Å². The highest BCUT2D eigenvalue weighted by Crippen LogP contribution is 2.58. The third-order valence-electron chi connectivity index (χ3n) is 8.36. The lowest BCUT2D eigenvalue weighted by atomic mass is 9.63. The Balaban J connectivity index is 1.40. The summed E-state index contributed by atoms with van der Waals surface area (Å²) in [7, 11) is -3.17. The fraction of sp³-hybridized carbons (Fsp3) is 0.571. The maximum atomic E-state index is 12.7. The van der Waals surface area contributed by atoms with Gasteiger partial charge in [0, 0.05) is 0 Å². The maximum Gasteiger partial charge on any atom is 0.178 e. The van der Waals surface area contributed by atoms with Gasteiger partial charge in [0.25, 0.3) is 0 Å². The van der Waals surface area contributed by atoms with Crippen molar-refractivity contribution in [3.63, 3.8) is 0 Å². The first-order chi connectivity index (χ1) is 14.9. The molecule has 4 rings (SSSR count). The first kappa shape index (κ1) is 22.6. The molecule has 0 radical (unpaired) electrons. The van der Waals surface area contributed by atoms with Crippen LogP contribution in [-0.4, -0.2) is 14.2 Å². The second-order valence-electron chi connectivity index (χ2n) is 10.2. The molecule has 0 spiro atoms. The Kier molecular flexibility index (Phi) is 6.91. The number of benzene rings is 1. The van der Waals surface area contributed by atoms with E-state index < -0.39 is 9.84 Å². The minimum Gasteiger partial charge on any atom is -0.224 e. The summed E-state index contributed by atoms with van der Waals surface area (Å²) in [6.45, 7) is 6.77. The number of hydrogen-bond donors (Lipinski definition) is 0. The van der Waals surface area contributed by atoms with Gasteiger partial charge in [0.2, 0.25) is 0 Å². The van der Waals surface area contributed by atoms with Crippen molar-refractivity contribution in [1.82, 2.24) is 0 Å². The molecule has 0 saturated heterocycles. The molecule has 3 aliphatic rings. The zero-order valence-corrected chi connectivity index (χ0v) is 19.9. The van der Waals surface area contributed by atoms with Crippen LogP contribution < -0.4 is 0 Å². The van der Waals surface area contributed by atoms with Gasteiger partial charge in [-0.2, -0.15) is 0 Å². The van der Waals surface area contributed by atoms with Crippen LogP contribution in [0.5, 0.6) is 0 Å². The Hall–Kier alpha value is -1.61. The molecule has 3 atom stereocenters. The van der Waals surface area contributed by atoms with Crippen molar-refractivity contribution in [2.45, 2.75) is 82.4 Å². The predicted octanol–water partition coefficient (Wildman–Crippen LogP) is 7.44. The van der Waals surface area contributed by atoms with Crippen molar-refractivity contribution in [2.75, 3.05) is 5.75 Å². The number of hydrogen-bond acceptors (Lipinski definition) is 2. The summed E-state index contributed by atoms with van der Waals surface area (Å²) in [5.74, 6) is 1.58. The second-order valence-corrected chi connectivity index (χ2v) is 12.3. The molecule has 0 amide bonds. The fourth-order valence-corrected chi connectivity index (χ4v) is 7.84. The van der Waals surface area contributed by atoms with Crippen LogP contribution in [0.3, 0.4) is 0 Å². The van der Waals surface area contributed by atoms with Crippen LogP contribution in [0.25, 0.3) is 0 Å². The lowest BCUT2D eigenvalue weighted by Crippen LogP contribution is -2.33. The largest absolute Gasteiger partial charge is 0.224 e. The third-order valence-corrected chi connectivity index (χ3v) is 10.2. The van der Waals surface area contributed by atoms with Crippen LogP contribution >= 0.6 is 0 Å². The summed E-state index contributed by atoms with van der Waals surface area (Å²) >= 11 is 0. The number of fused-ring (bicyclic) bond motifs is 1. The molecule has 2 nitrogen and oxygen atoms in total. The average molecular weight is 439 g/mol. The first-order valence-electron chi connectivity index (χ1n) is 12.3.